The third-order valence-corrected chi connectivity index (χ3v) is 3.66. The maximum Gasteiger partial charge on any atom is 0.250 e. The van der Waals surface area contributed by atoms with Crippen molar-refractivity contribution in [2.24, 2.45) is 0 Å². The van der Waals surface area contributed by atoms with Gasteiger partial charge in [0.1, 0.15) is 11.3 Å². The minimum Gasteiger partial charge on any atom is -0.437 e. The number of nitrogens with zero attached hydrogens (tertiary/aromatic N) is 3. The molecule has 0 radical (unpaired) electrons. The lowest BCUT2D eigenvalue weighted by Gasteiger charge is -2.15. The summed E-state index contributed by atoms with van der Waals surface area (Å²) < 4.78 is 5.98. The van der Waals surface area contributed by atoms with E-state index in [2.05, 4.69) is 39.8 Å². The SMILES string of the molecule is CCC(C)c1ccccc1Oc1nc(Cl)nc2nc[nH]c12. The second-order valence-corrected chi connectivity index (χ2v) is 5.19. The van der Waals surface area contributed by atoms with Crippen LogP contribution in [0, 0.1) is 0 Å². The van der Waals surface area contributed by atoms with Gasteiger partial charge in [0.25, 0.3) is 0 Å². The molecular weight excluding hydrogens is 288 g/mol. The largest absolute Gasteiger partial charge is 0.437 e. The maximum absolute atomic E-state index is 5.98. The summed E-state index contributed by atoms with van der Waals surface area (Å²) in [7, 11) is 0. The molecular formula is C15H15ClN4O. The van der Waals surface area contributed by atoms with E-state index >= 15 is 0 Å². The first kappa shape index (κ1) is 13.8. The van der Waals surface area contributed by atoms with E-state index in [4.69, 9.17) is 16.3 Å². The zero-order valence-electron chi connectivity index (χ0n) is 11.8. The molecule has 3 rings (SSSR count). The summed E-state index contributed by atoms with van der Waals surface area (Å²) >= 11 is 5.92. The van der Waals surface area contributed by atoms with Gasteiger partial charge in [0.15, 0.2) is 5.65 Å². The van der Waals surface area contributed by atoms with Gasteiger partial charge in [-0.1, -0.05) is 32.0 Å². The van der Waals surface area contributed by atoms with Gasteiger partial charge in [0.05, 0.1) is 6.33 Å². The molecule has 0 aliphatic heterocycles. The molecule has 0 amide bonds. The van der Waals surface area contributed by atoms with E-state index in [1.807, 2.05) is 18.2 Å². The molecule has 0 aliphatic rings. The lowest BCUT2D eigenvalue weighted by atomic mass is 9.98. The highest BCUT2D eigenvalue weighted by Crippen LogP contribution is 2.33. The number of rotatable bonds is 4. The van der Waals surface area contributed by atoms with E-state index in [0.717, 1.165) is 17.7 Å². The number of benzene rings is 1. The van der Waals surface area contributed by atoms with Crippen molar-refractivity contribution >= 4 is 22.8 Å². The zero-order chi connectivity index (χ0) is 14.8. The van der Waals surface area contributed by atoms with Gasteiger partial charge in [-0.15, -0.1) is 0 Å². The van der Waals surface area contributed by atoms with Crippen LogP contribution in [0.5, 0.6) is 11.6 Å². The molecule has 0 spiro atoms. The summed E-state index contributed by atoms with van der Waals surface area (Å²) in [5, 5.41) is 0.116. The Labute approximate surface area is 127 Å². The Hall–Kier alpha value is -2.14. The van der Waals surface area contributed by atoms with Gasteiger partial charge in [0, 0.05) is 0 Å². The van der Waals surface area contributed by atoms with Gasteiger partial charge in [-0.3, -0.25) is 0 Å². The Morgan fingerprint density at radius 2 is 2.10 bits per heavy atom. The molecule has 0 saturated heterocycles. The number of aromatic amines is 1. The topological polar surface area (TPSA) is 63.7 Å². The number of fused-ring (bicyclic) bond motifs is 1. The van der Waals surface area contributed by atoms with Crippen molar-refractivity contribution in [3.8, 4) is 11.6 Å². The number of para-hydroxylation sites is 1. The van der Waals surface area contributed by atoms with Crippen LogP contribution >= 0.6 is 11.6 Å². The predicted molar refractivity (Wildman–Crippen MR) is 81.9 cm³/mol. The van der Waals surface area contributed by atoms with Crippen molar-refractivity contribution in [3.63, 3.8) is 0 Å². The number of imidazole rings is 1. The predicted octanol–water partition coefficient (Wildman–Crippen LogP) is 4.31. The number of hydrogen-bond acceptors (Lipinski definition) is 4. The molecule has 0 aliphatic carbocycles. The van der Waals surface area contributed by atoms with Crippen LogP contribution in [-0.4, -0.2) is 19.9 Å². The molecule has 108 valence electrons. The molecule has 6 heteroatoms. The van der Waals surface area contributed by atoms with Gasteiger partial charge < -0.3 is 9.72 Å². The van der Waals surface area contributed by atoms with Crippen molar-refractivity contribution in [3.05, 3.63) is 41.4 Å². The van der Waals surface area contributed by atoms with Crippen LogP contribution in [0.3, 0.4) is 0 Å². The molecule has 5 nitrogen and oxygen atoms in total. The molecule has 1 N–H and O–H groups in total. The standard InChI is InChI=1S/C15H15ClN4O/c1-3-9(2)10-6-4-5-7-11(10)21-14-12-13(18-8-17-12)19-15(16)20-14/h4-9H,3H2,1-2H3,(H,17,18,19,20). The van der Waals surface area contributed by atoms with E-state index in [1.165, 1.54) is 0 Å². The third-order valence-electron chi connectivity index (χ3n) is 3.49. The minimum absolute atomic E-state index is 0.116. The highest BCUT2D eigenvalue weighted by Gasteiger charge is 2.15. The van der Waals surface area contributed by atoms with Crippen LogP contribution in [0.4, 0.5) is 0 Å². The molecule has 0 bridgehead atoms. The maximum atomic E-state index is 5.98. The summed E-state index contributed by atoms with van der Waals surface area (Å²) in [5.41, 5.74) is 2.27. The molecule has 1 unspecified atom stereocenters. The van der Waals surface area contributed by atoms with Crippen LogP contribution in [0.1, 0.15) is 31.7 Å². The Morgan fingerprint density at radius 3 is 2.90 bits per heavy atom. The van der Waals surface area contributed by atoms with Crippen molar-refractivity contribution in [2.75, 3.05) is 0 Å². The Balaban J connectivity index is 2.05. The number of ether oxygens (including phenoxy) is 1. The third kappa shape index (κ3) is 2.69. The molecule has 1 aromatic carbocycles. The zero-order valence-corrected chi connectivity index (χ0v) is 12.6. The minimum atomic E-state index is 0.116. The number of nitrogens with one attached hydrogen (secondary N) is 1. The Morgan fingerprint density at radius 1 is 1.29 bits per heavy atom. The van der Waals surface area contributed by atoms with Gasteiger partial charge in [-0.05, 0) is 35.6 Å². The normalized spacial score (nSPS) is 12.5. The van der Waals surface area contributed by atoms with E-state index in [9.17, 15) is 0 Å². The van der Waals surface area contributed by atoms with E-state index in [-0.39, 0.29) is 5.28 Å². The average Bonchev–Trinajstić information content (AvgIpc) is 2.95. The van der Waals surface area contributed by atoms with Crippen LogP contribution in [-0.2, 0) is 0 Å². The number of H-pyrrole nitrogens is 1. The molecule has 2 heterocycles. The summed E-state index contributed by atoms with van der Waals surface area (Å²) in [4.78, 5) is 15.3. The second kappa shape index (κ2) is 5.69. The summed E-state index contributed by atoms with van der Waals surface area (Å²) in [5.74, 6) is 1.56. The lowest BCUT2D eigenvalue weighted by molar-refractivity contribution is 0.456. The first-order valence-corrected chi connectivity index (χ1v) is 7.20. The fraction of sp³-hybridized carbons (Fsp3) is 0.267. The number of hydrogen-bond donors (Lipinski definition) is 1. The first-order chi connectivity index (χ1) is 10.2. The second-order valence-electron chi connectivity index (χ2n) is 4.85. The highest BCUT2D eigenvalue weighted by molar-refractivity contribution is 6.28. The monoisotopic (exact) mass is 302 g/mol. The van der Waals surface area contributed by atoms with Crippen LogP contribution in [0.25, 0.3) is 11.2 Å². The molecule has 3 aromatic rings. The molecule has 0 saturated carbocycles. The Kier molecular flexibility index (Phi) is 3.75. The number of halogens is 1. The van der Waals surface area contributed by atoms with Gasteiger partial charge >= 0.3 is 0 Å². The average molecular weight is 303 g/mol. The molecule has 0 fully saturated rings. The van der Waals surface area contributed by atoms with E-state index in [1.54, 1.807) is 6.33 Å². The molecule has 21 heavy (non-hydrogen) atoms. The van der Waals surface area contributed by atoms with Crippen molar-refractivity contribution in [1.29, 1.82) is 0 Å². The Bertz CT molecular complexity index is 771. The van der Waals surface area contributed by atoms with Crippen molar-refractivity contribution < 1.29 is 4.74 Å². The van der Waals surface area contributed by atoms with Crippen LogP contribution < -0.4 is 4.74 Å². The summed E-state index contributed by atoms with van der Waals surface area (Å²) in [6, 6.07) is 7.94. The fourth-order valence-electron chi connectivity index (χ4n) is 2.16. The molecule has 1 atom stereocenters. The summed E-state index contributed by atoms with van der Waals surface area (Å²) in [6.45, 7) is 4.32. The number of aromatic nitrogens is 4. The van der Waals surface area contributed by atoms with Gasteiger partial charge in [-0.25, -0.2) is 4.98 Å². The van der Waals surface area contributed by atoms with Crippen LogP contribution in [0.15, 0.2) is 30.6 Å². The quantitative estimate of drug-likeness (QED) is 0.729. The van der Waals surface area contributed by atoms with Crippen molar-refractivity contribution in [2.45, 2.75) is 26.2 Å². The van der Waals surface area contributed by atoms with E-state index < -0.39 is 0 Å². The smallest absolute Gasteiger partial charge is 0.250 e. The lowest BCUT2D eigenvalue weighted by Crippen LogP contribution is -1.98. The van der Waals surface area contributed by atoms with Gasteiger partial charge in [-0.2, -0.15) is 9.97 Å². The van der Waals surface area contributed by atoms with Crippen molar-refractivity contribution in [1.82, 2.24) is 19.9 Å². The molecule has 2 aromatic heterocycles. The fourth-order valence-corrected chi connectivity index (χ4v) is 2.32. The summed E-state index contributed by atoms with van der Waals surface area (Å²) in [6.07, 6.45) is 2.58. The van der Waals surface area contributed by atoms with E-state index in [0.29, 0.717) is 23.0 Å². The van der Waals surface area contributed by atoms with Gasteiger partial charge in [0.2, 0.25) is 11.2 Å². The first-order valence-electron chi connectivity index (χ1n) is 6.82. The van der Waals surface area contributed by atoms with Crippen LogP contribution in [0.2, 0.25) is 5.28 Å². The highest BCUT2D eigenvalue weighted by atomic mass is 35.5.